The van der Waals surface area contributed by atoms with Crippen LogP contribution in [0.3, 0.4) is 0 Å². The van der Waals surface area contributed by atoms with Gasteiger partial charge < -0.3 is 23.8 Å². The molecule has 1 aliphatic rings. The molecule has 0 aromatic heterocycles. The van der Waals surface area contributed by atoms with Gasteiger partial charge in [-0.15, -0.1) is 0 Å². The summed E-state index contributed by atoms with van der Waals surface area (Å²) in [5.74, 6) is 1.34. The second-order valence-corrected chi connectivity index (χ2v) is 7.18. The molecular weight excluding hydrogens is 386 g/mol. The van der Waals surface area contributed by atoms with Gasteiger partial charge in [0.25, 0.3) is 5.91 Å². The van der Waals surface area contributed by atoms with E-state index in [1.807, 2.05) is 29.2 Å². The Morgan fingerprint density at radius 2 is 1.70 bits per heavy atom. The molecule has 7 nitrogen and oxygen atoms in total. The fourth-order valence-electron chi connectivity index (χ4n) is 3.32. The van der Waals surface area contributed by atoms with Gasteiger partial charge in [0, 0.05) is 17.3 Å². The van der Waals surface area contributed by atoms with Crippen LogP contribution >= 0.6 is 0 Å². The van der Waals surface area contributed by atoms with Crippen molar-refractivity contribution in [1.82, 2.24) is 0 Å². The van der Waals surface area contributed by atoms with Crippen LogP contribution in [-0.4, -0.2) is 45.9 Å². The molecule has 1 fully saturated rings. The van der Waals surface area contributed by atoms with Crippen LogP contribution in [0.4, 0.5) is 5.69 Å². The lowest BCUT2D eigenvalue weighted by atomic mass is 10.1. The van der Waals surface area contributed by atoms with Gasteiger partial charge in [-0.2, -0.15) is 0 Å². The molecule has 2 aromatic rings. The van der Waals surface area contributed by atoms with Crippen molar-refractivity contribution in [2.24, 2.45) is 5.92 Å². The Morgan fingerprint density at radius 1 is 1.00 bits per heavy atom. The van der Waals surface area contributed by atoms with Crippen molar-refractivity contribution in [3.8, 4) is 17.2 Å². The summed E-state index contributed by atoms with van der Waals surface area (Å²) in [5.41, 5.74) is 1.28. The topological polar surface area (TPSA) is 74.3 Å². The van der Waals surface area contributed by atoms with Crippen LogP contribution < -0.4 is 19.1 Å². The van der Waals surface area contributed by atoms with E-state index in [0.717, 1.165) is 24.3 Å². The zero-order chi connectivity index (χ0) is 21.7. The molecule has 1 unspecified atom stereocenters. The van der Waals surface area contributed by atoms with Crippen LogP contribution in [0.25, 0.3) is 0 Å². The molecule has 1 amide bonds. The van der Waals surface area contributed by atoms with Gasteiger partial charge >= 0.3 is 5.97 Å². The summed E-state index contributed by atoms with van der Waals surface area (Å²) in [6.07, 6.45) is 2.23. The van der Waals surface area contributed by atoms with Gasteiger partial charge in [-0.1, -0.05) is 0 Å². The number of esters is 1. The third-order valence-corrected chi connectivity index (χ3v) is 5.26. The molecule has 0 spiro atoms. The smallest absolute Gasteiger partial charge is 0.343 e. The first kappa shape index (κ1) is 21.5. The number of rotatable bonds is 9. The maximum absolute atomic E-state index is 13.5. The highest BCUT2D eigenvalue weighted by molar-refractivity contribution is 6.07. The van der Waals surface area contributed by atoms with Crippen LogP contribution in [0.5, 0.6) is 17.2 Å². The summed E-state index contributed by atoms with van der Waals surface area (Å²) in [6.45, 7) is 1.84. The van der Waals surface area contributed by atoms with Crippen LogP contribution in [0.2, 0.25) is 0 Å². The van der Waals surface area contributed by atoms with Crippen molar-refractivity contribution in [1.29, 1.82) is 0 Å². The first-order chi connectivity index (χ1) is 14.5. The van der Waals surface area contributed by atoms with Crippen molar-refractivity contribution in [2.45, 2.75) is 25.8 Å². The number of ether oxygens (including phenoxy) is 4. The number of carbonyl (C=O) groups excluding carboxylic acids is 2. The average Bonchev–Trinajstić information content (AvgIpc) is 3.63. The minimum absolute atomic E-state index is 0.0622. The zero-order valence-electron chi connectivity index (χ0n) is 17.7. The predicted molar refractivity (Wildman–Crippen MR) is 112 cm³/mol. The normalized spacial score (nSPS) is 13.9. The van der Waals surface area contributed by atoms with E-state index in [-0.39, 0.29) is 18.6 Å². The highest BCUT2D eigenvalue weighted by atomic mass is 16.6. The molecule has 0 bridgehead atoms. The van der Waals surface area contributed by atoms with Crippen LogP contribution in [-0.2, 0) is 9.53 Å². The van der Waals surface area contributed by atoms with Gasteiger partial charge in [0.15, 0.2) is 18.1 Å². The number of nitrogens with zero attached hydrogens (tertiary/aromatic N) is 1. The molecule has 0 N–H and O–H groups in total. The molecular formula is C23H27NO6. The quantitative estimate of drug-likeness (QED) is 0.584. The molecule has 2 aromatic carbocycles. The molecule has 0 aliphatic heterocycles. The summed E-state index contributed by atoms with van der Waals surface area (Å²) < 4.78 is 20.6. The molecule has 7 heteroatoms. The summed E-state index contributed by atoms with van der Waals surface area (Å²) in [7, 11) is 4.39. The molecule has 0 heterocycles. The van der Waals surface area contributed by atoms with E-state index in [9.17, 15) is 9.59 Å². The van der Waals surface area contributed by atoms with E-state index in [1.165, 1.54) is 14.2 Å². The van der Waals surface area contributed by atoms with Crippen molar-refractivity contribution < 1.29 is 28.5 Å². The van der Waals surface area contributed by atoms with Gasteiger partial charge in [-0.3, -0.25) is 4.79 Å². The standard InChI is InChI=1S/C23H27NO6/c1-15(16-5-6-16)24(18-8-10-19(27-2)11-9-18)23(26)17-7-12-20(21(13-17)28-3)30-14-22(25)29-4/h7-13,15-16H,5-6,14H2,1-4H3. The molecule has 1 atom stereocenters. The Hall–Kier alpha value is -3.22. The Morgan fingerprint density at radius 3 is 2.27 bits per heavy atom. The zero-order valence-corrected chi connectivity index (χ0v) is 17.7. The predicted octanol–water partition coefficient (Wildman–Crippen LogP) is 3.70. The molecule has 3 rings (SSSR count). The van der Waals surface area contributed by atoms with Crippen LogP contribution in [0.15, 0.2) is 42.5 Å². The third kappa shape index (κ3) is 4.84. The third-order valence-electron chi connectivity index (χ3n) is 5.26. The van der Waals surface area contributed by atoms with Crippen LogP contribution in [0.1, 0.15) is 30.1 Å². The van der Waals surface area contributed by atoms with Gasteiger partial charge in [0.05, 0.1) is 21.3 Å². The number of amides is 1. The van der Waals surface area contributed by atoms with Crippen molar-refractivity contribution in [3.05, 3.63) is 48.0 Å². The fraction of sp³-hybridized carbons (Fsp3) is 0.391. The molecule has 30 heavy (non-hydrogen) atoms. The highest BCUT2D eigenvalue weighted by Crippen LogP contribution is 2.38. The largest absolute Gasteiger partial charge is 0.497 e. The van der Waals surface area contributed by atoms with E-state index >= 15 is 0 Å². The van der Waals surface area contributed by atoms with Crippen molar-refractivity contribution >= 4 is 17.6 Å². The van der Waals surface area contributed by atoms with E-state index in [2.05, 4.69) is 11.7 Å². The fourth-order valence-corrected chi connectivity index (χ4v) is 3.32. The Balaban J connectivity index is 1.88. The van der Waals surface area contributed by atoms with E-state index in [0.29, 0.717) is 23.0 Å². The van der Waals surface area contributed by atoms with E-state index in [4.69, 9.17) is 14.2 Å². The molecule has 160 valence electrons. The number of benzene rings is 2. The molecule has 1 saturated carbocycles. The van der Waals surface area contributed by atoms with Gasteiger partial charge in [-0.05, 0) is 68.1 Å². The SMILES string of the molecule is COC(=O)COc1ccc(C(=O)N(c2ccc(OC)cc2)C(C)C2CC2)cc1OC. The highest BCUT2D eigenvalue weighted by Gasteiger charge is 2.35. The van der Waals surface area contributed by atoms with E-state index < -0.39 is 5.97 Å². The number of methoxy groups -OCH3 is 3. The second-order valence-electron chi connectivity index (χ2n) is 7.18. The number of anilines is 1. The van der Waals surface area contributed by atoms with E-state index in [1.54, 1.807) is 25.3 Å². The summed E-state index contributed by atoms with van der Waals surface area (Å²) in [4.78, 5) is 26.6. The first-order valence-electron chi connectivity index (χ1n) is 9.83. The number of hydrogen-bond acceptors (Lipinski definition) is 6. The number of carbonyl (C=O) groups is 2. The van der Waals surface area contributed by atoms with Crippen LogP contribution in [0, 0.1) is 5.92 Å². The minimum atomic E-state index is -0.499. The summed E-state index contributed by atoms with van der Waals surface area (Å²) in [6, 6.07) is 12.5. The Bertz CT molecular complexity index is 891. The van der Waals surface area contributed by atoms with Gasteiger partial charge in [0.2, 0.25) is 0 Å². The lowest BCUT2D eigenvalue weighted by Crippen LogP contribution is -2.40. The average molecular weight is 413 g/mol. The molecule has 1 aliphatic carbocycles. The van der Waals surface area contributed by atoms with Crippen molar-refractivity contribution in [3.63, 3.8) is 0 Å². The Labute approximate surface area is 176 Å². The second kappa shape index (κ2) is 9.52. The monoisotopic (exact) mass is 413 g/mol. The lowest BCUT2D eigenvalue weighted by molar-refractivity contribution is -0.142. The summed E-state index contributed by atoms with van der Waals surface area (Å²) in [5, 5.41) is 0. The summed E-state index contributed by atoms with van der Waals surface area (Å²) >= 11 is 0. The van der Waals surface area contributed by atoms with Crippen molar-refractivity contribution in [2.75, 3.05) is 32.8 Å². The maximum atomic E-state index is 13.5. The molecule has 0 radical (unpaired) electrons. The Kier molecular flexibility index (Phi) is 6.82. The molecule has 0 saturated heterocycles. The lowest BCUT2D eigenvalue weighted by Gasteiger charge is -2.30. The minimum Gasteiger partial charge on any atom is -0.497 e. The number of hydrogen-bond donors (Lipinski definition) is 0. The van der Waals surface area contributed by atoms with Gasteiger partial charge in [0.1, 0.15) is 5.75 Å². The van der Waals surface area contributed by atoms with Gasteiger partial charge in [-0.25, -0.2) is 4.79 Å². The first-order valence-corrected chi connectivity index (χ1v) is 9.83. The maximum Gasteiger partial charge on any atom is 0.343 e.